The number of hydrogen-bond donors (Lipinski definition) is 2. The second kappa shape index (κ2) is 6.44. The van der Waals surface area contributed by atoms with Crippen LogP contribution >= 0.6 is 11.6 Å². The highest BCUT2D eigenvalue weighted by atomic mass is 35.5. The maximum absolute atomic E-state index is 12.8. The molecule has 25 heavy (non-hydrogen) atoms. The zero-order valence-electron chi connectivity index (χ0n) is 13.2. The van der Waals surface area contributed by atoms with Gasteiger partial charge in [-0.05, 0) is 42.1 Å². The number of para-hydroxylation sites is 1. The van der Waals surface area contributed by atoms with Gasteiger partial charge in [0.1, 0.15) is 0 Å². The van der Waals surface area contributed by atoms with E-state index < -0.39 is 11.7 Å². The van der Waals surface area contributed by atoms with Crippen LogP contribution in [0.4, 0.5) is 18.9 Å². The Morgan fingerprint density at radius 3 is 2.64 bits per heavy atom. The van der Waals surface area contributed by atoms with Crippen LogP contribution in [-0.4, -0.2) is 4.98 Å². The SMILES string of the molecule is Cc1cccc2cc(CNc3cc(C(F)(F)F)ccc3Cl)c(=O)[nH]c12. The normalized spacial score (nSPS) is 11.7. The summed E-state index contributed by atoms with van der Waals surface area (Å²) in [5.74, 6) is 0. The van der Waals surface area contributed by atoms with Crippen LogP contribution in [0, 0.1) is 6.92 Å². The van der Waals surface area contributed by atoms with E-state index in [0.717, 1.165) is 28.6 Å². The Morgan fingerprint density at radius 1 is 1.16 bits per heavy atom. The van der Waals surface area contributed by atoms with E-state index in [2.05, 4.69) is 10.3 Å². The molecule has 130 valence electrons. The minimum atomic E-state index is -4.46. The van der Waals surface area contributed by atoms with Gasteiger partial charge in [-0.3, -0.25) is 4.79 Å². The van der Waals surface area contributed by atoms with Gasteiger partial charge >= 0.3 is 6.18 Å². The van der Waals surface area contributed by atoms with Gasteiger partial charge in [0, 0.05) is 12.1 Å². The van der Waals surface area contributed by atoms with Crippen LogP contribution < -0.4 is 10.9 Å². The Labute approximate surface area is 146 Å². The molecule has 3 rings (SSSR count). The van der Waals surface area contributed by atoms with Crippen LogP contribution in [0.3, 0.4) is 0 Å². The van der Waals surface area contributed by atoms with Gasteiger partial charge in [-0.15, -0.1) is 0 Å². The number of fused-ring (bicyclic) bond motifs is 1. The highest BCUT2D eigenvalue weighted by Gasteiger charge is 2.30. The van der Waals surface area contributed by atoms with Gasteiger partial charge < -0.3 is 10.3 Å². The molecular formula is C18H14ClF3N2O. The van der Waals surface area contributed by atoms with Gasteiger partial charge in [0.15, 0.2) is 0 Å². The third-order valence-corrected chi connectivity index (χ3v) is 4.26. The summed E-state index contributed by atoms with van der Waals surface area (Å²) in [5.41, 5.74) is 1.12. The molecule has 1 aromatic heterocycles. The molecule has 0 unspecified atom stereocenters. The summed E-state index contributed by atoms with van der Waals surface area (Å²) >= 11 is 5.95. The summed E-state index contributed by atoms with van der Waals surface area (Å²) in [5, 5.41) is 3.82. The number of aromatic amines is 1. The molecule has 0 amide bonds. The Balaban J connectivity index is 1.91. The van der Waals surface area contributed by atoms with E-state index in [4.69, 9.17) is 11.6 Å². The van der Waals surface area contributed by atoms with Crippen molar-refractivity contribution in [2.24, 2.45) is 0 Å². The molecule has 3 aromatic rings. The first-order valence-corrected chi connectivity index (χ1v) is 7.85. The summed E-state index contributed by atoms with van der Waals surface area (Å²) in [6, 6.07) is 10.4. The summed E-state index contributed by atoms with van der Waals surface area (Å²) in [6.45, 7) is 1.94. The molecule has 0 aliphatic rings. The summed E-state index contributed by atoms with van der Waals surface area (Å²) in [6.07, 6.45) is -4.46. The molecule has 3 nitrogen and oxygen atoms in total. The average molecular weight is 367 g/mol. The first-order chi connectivity index (χ1) is 11.8. The Bertz CT molecular complexity index is 996. The maximum atomic E-state index is 12.8. The predicted molar refractivity (Wildman–Crippen MR) is 93.1 cm³/mol. The van der Waals surface area contributed by atoms with Gasteiger partial charge in [-0.1, -0.05) is 29.8 Å². The number of hydrogen-bond acceptors (Lipinski definition) is 2. The van der Waals surface area contributed by atoms with Crippen molar-refractivity contribution in [2.45, 2.75) is 19.6 Å². The van der Waals surface area contributed by atoms with Crippen molar-refractivity contribution in [1.82, 2.24) is 4.98 Å². The third-order valence-electron chi connectivity index (χ3n) is 3.93. The van der Waals surface area contributed by atoms with Crippen molar-refractivity contribution in [3.8, 4) is 0 Å². The second-order valence-electron chi connectivity index (χ2n) is 5.71. The standard InChI is InChI=1S/C18H14ClF3N2O/c1-10-3-2-4-11-7-12(17(25)24-16(10)11)9-23-15-8-13(18(20,21)22)5-6-14(15)19/h2-8,23H,9H2,1H3,(H,24,25). The fraction of sp³-hybridized carbons (Fsp3) is 0.167. The van der Waals surface area contributed by atoms with E-state index in [9.17, 15) is 18.0 Å². The van der Waals surface area contributed by atoms with Gasteiger partial charge in [-0.25, -0.2) is 0 Å². The minimum absolute atomic E-state index is 0.0558. The van der Waals surface area contributed by atoms with Crippen LogP contribution in [0.2, 0.25) is 5.02 Å². The van der Waals surface area contributed by atoms with Gasteiger partial charge in [-0.2, -0.15) is 13.2 Å². The highest BCUT2D eigenvalue weighted by Crippen LogP contribution is 2.33. The van der Waals surface area contributed by atoms with Gasteiger partial charge in [0.05, 0.1) is 21.8 Å². The lowest BCUT2D eigenvalue weighted by atomic mass is 10.1. The first kappa shape index (κ1) is 17.4. The van der Waals surface area contributed by atoms with Crippen molar-refractivity contribution in [3.05, 3.63) is 74.5 Å². The number of benzene rings is 2. The van der Waals surface area contributed by atoms with E-state index >= 15 is 0 Å². The topological polar surface area (TPSA) is 44.9 Å². The van der Waals surface area contributed by atoms with E-state index in [-0.39, 0.29) is 22.8 Å². The number of H-pyrrole nitrogens is 1. The molecule has 2 aromatic carbocycles. The maximum Gasteiger partial charge on any atom is 0.416 e. The molecule has 7 heteroatoms. The molecule has 2 N–H and O–H groups in total. The molecular weight excluding hydrogens is 353 g/mol. The van der Waals surface area contributed by atoms with Crippen molar-refractivity contribution >= 4 is 28.2 Å². The van der Waals surface area contributed by atoms with E-state index in [1.807, 2.05) is 25.1 Å². The quantitative estimate of drug-likeness (QED) is 0.675. The molecule has 0 saturated carbocycles. The summed E-state index contributed by atoms with van der Waals surface area (Å²) < 4.78 is 38.4. The Hall–Kier alpha value is -2.47. The molecule has 0 aliphatic heterocycles. The monoisotopic (exact) mass is 366 g/mol. The largest absolute Gasteiger partial charge is 0.416 e. The molecule has 0 aliphatic carbocycles. The molecule has 1 heterocycles. The summed E-state index contributed by atoms with van der Waals surface area (Å²) in [7, 11) is 0. The average Bonchev–Trinajstić information content (AvgIpc) is 2.54. The van der Waals surface area contributed by atoms with E-state index in [1.54, 1.807) is 6.07 Å². The zero-order valence-corrected chi connectivity index (χ0v) is 13.9. The number of nitrogens with one attached hydrogen (secondary N) is 2. The molecule has 0 saturated heterocycles. The van der Waals surface area contributed by atoms with Crippen LogP contribution in [0.1, 0.15) is 16.7 Å². The van der Waals surface area contributed by atoms with E-state index in [0.29, 0.717) is 5.56 Å². The lowest BCUT2D eigenvalue weighted by molar-refractivity contribution is -0.137. The van der Waals surface area contributed by atoms with Crippen molar-refractivity contribution in [2.75, 3.05) is 5.32 Å². The van der Waals surface area contributed by atoms with Crippen LogP contribution in [-0.2, 0) is 12.7 Å². The van der Waals surface area contributed by atoms with Crippen molar-refractivity contribution < 1.29 is 13.2 Å². The number of aromatic nitrogens is 1. The first-order valence-electron chi connectivity index (χ1n) is 7.48. The molecule has 0 spiro atoms. The summed E-state index contributed by atoms with van der Waals surface area (Å²) in [4.78, 5) is 15.0. The van der Waals surface area contributed by atoms with Gasteiger partial charge in [0.2, 0.25) is 0 Å². The lowest BCUT2D eigenvalue weighted by Gasteiger charge is -2.12. The minimum Gasteiger partial charge on any atom is -0.380 e. The third kappa shape index (κ3) is 3.64. The number of pyridine rings is 1. The Kier molecular flexibility index (Phi) is 4.47. The highest BCUT2D eigenvalue weighted by molar-refractivity contribution is 6.33. The predicted octanol–water partition coefficient (Wildman–Crippen LogP) is 5.12. The van der Waals surface area contributed by atoms with Crippen molar-refractivity contribution in [3.63, 3.8) is 0 Å². The Morgan fingerprint density at radius 2 is 1.92 bits per heavy atom. The molecule has 0 radical (unpaired) electrons. The number of alkyl halides is 3. The van der Waals surface area contributed by atoms with Crippen molar-refractivity contribution in [1.29, 1.82) is 0 Å². The van der Waals surface area contributed by atoms with Gasteiger partial charge in [0.25, 0.3) is 5.56 Å². The van der Waals surface area contributed by atoms with Crippen LogP contribution in [0.5, 0.6) is 0 Å². The zero-order chi connectivity index (χ0) is 18.2. The molecule has 0 bridgehead atoms. The smallest absolute Gasteiger partial charge is 0.380 e. The van der Waals surface area contributed by atoms with E-state index in [1.165, 1.54) is 6.07 Å². The second-order valence-corrected chi connectivity index (χ2v) is 6.12. The number of halogens is 4. The molecule has 0 atom stereocenters. The lowest BCUT2D eigenvalue weighted by Crippen LogP contribution is -2.16. The van der Waals surface area contributed by atoms with Crippen LogP contribution in [0.15, 0.2) is 47.3 Å². The number of aryl methyl sites for hydroxylation is 1. The van der Waals surface area contributed by atoms with Crippen LogP contribution in [0.25, 0.3) is 10.9 Å². The number of rotatable bonds is 3. The fourth-order valence-electron chi connectivity index (χ4n) is 2.59. The fourth-order valence-corrected chi connectivity index (χ4v) is 2.77. The number of anilines is 1. The molecule has 0 fully saturated rings.